The van der Waals surface area contributed by atoms with Gasteiger partial charge in [-0.1, -0.05) is 0 Å². The van der Waals surface area contributed by atoms with Crippen molar-refractivity contribution >= 4 is 45.8 Å². The van der Waals surface area contributed by atoms with Crippen molar-refractivity contribution in [3.05, 3.63) is 40.5 Å². The quantitative estimate of drug-likeness (QED) is 0.440. The second-order valence-corrected chi connectivity index (χ2v) is 7.24. The molecule has 0 saturated heterocycles. The monoisotopic (exact) mass is 428 g/mol. The fourth-order valence-corrected chi connectivity index (χ4v) is 3.58. The lowest BCUT2D eigenvalue weighted by molar-refractivity contribution is 0.168. The Bertz CT molecular complexity index is 1220. The van der Waals surface area contributed by atoms with Crippen LogP contribution in [0.4, 0.5) is 26.5 Å². The van der Waals surface area contributed by atoms with E-state index in [9.17, 15) is 9.18 Å². The number of thiophene rings is 1. The van der Waals surface area contributed by atoms with E-state index in [2.05, 4.69) is 25.4 Å². The van der Waals surface area contributed by atoms with E-state index in [1.54, 1.807) is 29.9 Å². The zero-order chi connectivity index (χ0) is 21.3. The van der Waals surface area contributed by atoms with Gasteiger partial charge in [0.15, 0.2) is 28.2 Å². The maximum atomic E-state index is 13.4. The van der Waals surface area contributed by atoms with Gasteiger partial charge in [-0.25, -0.2) is 24.4 Å². The maximum Gasteiger partial charge on any atom is 0.411 e. The molecule has 154 valence electrons. The first-order valence-corrected chi connectivity index (χ1v) is 9.70. The highest BCUT2D eigenvalue weighted by Gasteiger charge is 2.20. The van der Waals surface area contributed by atoms with Gasteiger partial charge in [-0.3, -0.25) is 5.32 Å². The minimum atomic E-state index is -0.714. The molecule has 0 spiro atoms. The van der Waals surface area contributed by atoms with Crippen LogP contribution in [0.3, 0.4) is 0 Å². The van der Waals surface area contributed by atoms with Crippen molar-refractivity contribution in [2.24, 2.45) is 0 Å². The average molecular weight is 428 g/mol. The summed E-state index contributed by atoms with van der Waals surface area (Å²) in [7, 11) is 0. The normalized spacial score (nSPS) is 11.0. The van der Waals surface area contributed by atoms with Crippen LogP contribution in [0.25, 0.3) is 22.6 Å². The fourth-order valence-electron chi connectivity index (χ4n) is 2.87. The molecular weight excluding hydrogens is 411 g/mol. The molecule has 0 aromatic carbocycles. The molecule has 12 heteroatoms. The molecule has 0 saturated carbocycles. The van der Waals surface area contributed by atoms with Crippen LogP contribution in [0.1, 0.15) is 11.8 Å². The highest BCUT2D eigenvalue weighted by Crippen LogP contribution is 2.30. The van der Waals surface area contributed by atoms with Crippen molar-refractivity contribution in [2.75, 3.05) is 23.4 Å². The number of nitrogens with two attached hydrogens (primary N) is 2. The summed E-state index contributed by atoms with van der Waals surface area (Å²) in [6, 6.07) is 6.67. The topological polar surface area (TPSA) is 147 Å². The largest absolute Gasteiger partial charge is 0.450 e. The molecule has 0 atom stereocenters. The van der Waals surface area contributed by atoms with Crippen LogP contribution in [-0.4, -0.2) is 37.4 Å². The van der Waals surface area contributed by atoms with Gasteiger partial charge >= 0.3 is 6.09 Å². The lowest BCUT2D eigenvalue weighted by atomic mass is 10.2. The van der Waals surface area contributed by atoms with E-state index in [0.717, 1.165) is 16.2 Å². The molecule has 0 bridgehead atoms. The van der Waals surface area contributed by atoms with Gasteiger partial charge in [0.2, 0.25) is 0 Å². The second kappa shape index (κ2) is 7.91. The number of ether oxygens (including phenoxy) is 1. The Labute approximate surface area is 173 Å². The molecule has 0 aliphatic heterocycles. The lowest BCUT2D eigenvalue weighted by Crippen LogP contribution is -2.17. The number of pyridine rings is 1. The zero-order valence-corrected chi connectivity index (χ0v) is 16.6. The third kappa shape index (κ3) is 3.72. The summed E-state index contributed by atoms with van der Waals surface area (Å²) in [5.74, 6) is 0.114. The number of carbonyl (C=O) groups is 1. The number of aromatic nitrogens is 5. The Morgan fingerprint density at radius 1 is 1.27 bits per heavy atom. The molecule has 0 aliphatic carbocycles. The molecule has 0 unspecified atom stereocenters. The highest BCUT2D eigenvalue weighted by molar-refractivity contribution is 7.10. The molecule has 1 amide bonds. The van der Waals surface area contributed by atoms with E-state index in [1.165, 1.54) is 6.07 Å². The number of fused-ring (bicyclic) bond motifs is 1. The number of nitrogen functional groups attached to an aromatic ring is 2. The minimum Gasteiger partial charge on any atom is -0.450 e. The van der Waals surface area contributed by atoms with Crippen molar-refractivity contribution in [3.8, 4) is 11.5 Å². The van der Waals surface area contributed by atoms with Crippen molar-refractivity contribution in [1.29, 1.82) is 0 Å². The second-order valence-electron chi connectivity index (χ2n) is 6.12. The van der Waals surface area contributed by atoms with Gasteiger partial charge in [0.1, 0.15) is 11.4 Å². The molecule has 5 N–H and O–H groups in total. The first kappa shape index (κ1) is 19.5. The molecule has 0 radical (unpaired) electrons. The van der Waals surface area contributed by atoms with Crippen LogP contribution in [0.5, 0.6) is 0 Å². The molecule has 0 fully saturated rings. The van der Waals surface area contributed by atoms with Crippen molar-refractivity contribution in [3.63, 3.8) is 0 Å². The van der Waals surface area contributed by atoms with Gasteiger partial charge in [0, 0.05) is 11.1 Å². The molecule has 30 heavy (non-hydrogen) atoms. The predicted octanol–water partition coefficient (Wildman–Crippen LogP) is 2.87. The van der Waals surface area contributed by atoms with Crippen LogP contribution >= 0.6 is 11.3 Å². The van der Waals surface area contributed by atoms with E-state index in [4.69, 9.17) is 16.2 Å². The van der Waals surface area contributed by atoms with Crippen molar-refractivity contribution < 1.29 is 13.9 Å². The summed E-state index contributed by atoms with van der Waals surface area (Å²) < 4.78 is 19.8. The van der Waals surface area contributed by atoms with Gasteiger partial charge in [-0.2, -0.15) is 9.49 Å². The summed E-state index contributed by atoms with van der Waals surface area (Å²) in [4.78, 5) is 25.3. The number of anilines is 3. The number of halogens is 1. The highest BCUT2D eigenvalue weighted by atomic mass is 32.1. The van der Waals surface area contributed by atoms with E-state index < -0.39 is 6.09 Å². The molecule has 4 rings (SSSR count). The first-order valence-electron chi connectivity index (χ1n) is 8.89. The van der Waals surface area contributed by atoms with Crippen LogP contribution in [0.15, 0.2) is 30.5 Å². The van der Waals surface area contributed by atoms with E-state index in [0.29, 0.717) is 23.3 Å². The summed E-state index contributed by atoms with van der Waals surface area (Å²) >= 11 is 1.03. The molecule has 10 nitrogen and oxygen atoms in total. The maximum absolute atomic E-state index is 13.4. The Balaban J connectivity index is 1.75. The molecule has 4 heterocycles. The summed E-state index contributed by atoms with van der Waals surface area (Å²) in [6.07, 6.45) is 0.921. The summed E-state index contributed by atoms with van der Waals surface area (Å²) in [5, 5.41) is 7.39. The number of hydrogen-bond acceptors (Lipinski definition) is 9. The number of amides is 1. The van der Waals surface area contributed by atoms with Gasteiger partial charge in [0.25, 0.3) is 0 Å². The smallest absolute Gasteiger partial charge is 0.411 e. The fraction of sp³-hybridized carbons (Fsp3) is 0.167. The van der Waals surface area contributed by atoms with Crippen LogP contribution in [-0.2, 0) is 11.3 Å². The van der Waals surface area contributed by atoms with Crippen molar-refractivity contribution in [1.82, 2.24) is 24.7 Å². The average Bonchev–Trinajstić information content (AvgIpc) is 3.29. The van der Waals surface area contributed by atoms with Gasteiger partial charge in [0.05, 0.1) is 18.5 Å². The SMILES string of the molecule is CCOC(=O)Nc1c(N)nc(-c2nn(Cc3ccc(F)s3)c3ncccc23)nc1N. The Morgan fingerprint density at radius 3 is 2.70 bits per heavy atom. The van der Waals surface area contributed by atoms with E-state index in [-0.39, 0.29) is 34.9 Å². The van der Waals surface area contributed by atoms with Crippen molar-refractivity contribution in [2.45, 2.75) is 13.5 Å². The third-order valence-corrected chi connectivity index (χ3v) is 4.98. The number of nitrogens with one attached hydrogen (secondary N) is 1. The number of rotatable bonds is 5. The van der Waals surface area contributed by atoms with Gasteiger partial charge in [-0.05, 0) is 31.2 Å². The van der Waals surface area contributed by atoms with Crippen LogP contribution < -0.4 is 16.8 Å². The standard InChI is InChI=1S/C18H17FN8O2S/c1-2-29-18(28)23-13-14(20)24-16(25-15(13)21)12-10-4-3-7-22-17(10)27(26-12)8-9-5-6-11(19)30-9/h3-7H,2,8H2,1H3,(H,23,28)(H4,20,21,24,25). The third-order valence-electron chi connectivity index (χ3n) is 4.12. The minimum absolute atomic E-state index is 0.0301. The Hall–Kier alpha value is -3.80. The van der Waals surface area contributed by atoms with Gasteiger partial charge < -0.3 is 16.2 Å². The van der Waals surface area contributed by atoms with Gasteiger partial charge in [-0.15, -0.1) is 11.3 Å². The van der Waals surface area contributed by atoms with E-state index in [1.807, 2.05) is 6.07 Å². The Morgan fingerprint density at radius 2 is 2.03 bits per heavy atom. The molecule has 4 aromatic rings. The van der Waals surface area contributed by atoms with Crippen LogP contribution in [0.2, 0.25) is 0 Å². The number of carbonyl (C=O) groups excluding carboxylic acids is 1. The van der Waals surface area contributed by atoms with Crippen LogP contribution in [0, 0.1) is 5.13 Å². The Kier molecular flexibility index (Phi) is 5.14. The predicted molar refractivity (Wildman–Crippen MR) is 111 cm³/mol. The number of nitrogens with zero attached hydrogens (tertiary/aromatic N) is 5. The zero-order valence-electron chi connectivity index (χ0n) is 15.8. The summed E-state index contributed by atoms with van der Waals surface area (Å²) in [5.41, 5.74) is 13.0. The number of hydrogen-bond donors (Lipinski definition) is 3. The first-order chi connectivity index (χ1) is 14.5. The molecular formula is C18H17FN8O2S. The summed E-state index contributed by atoms with van der Waals surface area (Å²) in [6.45, 7) is 2.19. The molecule has 0 aliphatic rings. The molecule has 4 aromatic heterocycles. The lowest BCUT2D eigenvalue weighted by Gasteiger charge is -2.10. The van der Waals surface area contributed by atoms with E-state index >= 15 is 0 Å².